The fourth-order valence-corrected chi connectivity index (χ4v) is 2.68. The van der Waals surface area contributed by atoms with Gasteiger partial charge in [0.25, 0.3) is 0 Å². The average Bonchev–Trinajstić information content (AvgIpc) is 2.08. The topological polar surface area (TPSA) is 3.24 Å². The molecule has 0 bridgehead atoms. The maximum absolute atomic E-state index is 5.25. The van der Waals surface area contributed by atoms with Gasteiger partial charge in [0.05, 0.1) is 0 Å². The van der Waals surface area contributed by atoms with Crippen molar-refractivity contribution in [2.45, 2.75) is 6.92 Å². The second-order valence-electron chi connectivity index (χ2n) is 3.08. The van der Waals surface area contributed by atoms with E-state index >= 15 is 0 Å². The predicted octanol–water partition coefficient (Wildman–Crippen LogP) is 1.17. The normalized spacial score (nSPS) is 9.77. The van der Waals surface area contributed by atoms with Gasteiger partial charge in [-0.1, -0.05) is 0 Å². The van der Waals surface area contributed by atoms with Crippen molar-refractivity contribution < 1.29 is 0 Å². The van der Waals surface area contributed by atoms with Crippen molar-refractivity contribution in [2.75, 3.05) is 14.1 Å². The van der Waals surface area contributed by atoms with Gasteiger partial charge in [0.15, 0.2) is 0 Å². The Morgan fingerprint density at radius 2 is 1.77 bits per heavy atom. The molecule has 3 heteroatoms. The summed E-state index contributed by atoms with van der Waals surface area (Å²) in [6.45, 7) is 2.10. The molecule has 0 atom stereocenters. The quantitative estimate of drug-likeness (QED) is 0.579. The SMILES string of the molecule is Cc1ccc([Se]C(=S)N(C)C)cc1. The number of hydrogen-bond acceptors (Lipinski definition) is 1. The Morgan fingerprint density at radius 3 is 2.23 bits per heavy atom. The van der Waals surface area contributed by atoms with Crippen LogP contribution in [0.15, 0.2) is 24.3 Å². The van der Waals surface area contributed by atoms with Crippen LogP contribution in [0.3, 0.4) is 0 Å². The molecule has 0 aliphatic heterocycles. The Balaban J connectivity index is 2.65. The number of rotatable bonds is 2. The number of benzene rings is 1. The van der Waals surface area contributed by atoms with Gasteiger partial charge in [-0.3, -0.25) is 0 Å². The van der Waals surface area contributed by atoms with E-state index in [9.17, 15) is 0 Å². The van der Waals surface area contributed by atoms with Gasteiger partial charge in [-0.25, -0.2) is 0 Å². The molecular weight excluding hydrogens is 245 g/mol. The van der Waals surface area contributed by atoms with Crippen molar-refractivity contribution in [3.63, 3.8) is 0 Å². The first-order valence-corrected chi connectivity index (χ1v) is 6.17. The molecule has 0 unspecified atom stereocenters. The molecule has 1 nitrogen and oxygen atoms in total. The van der Waals surface area contributed by atoms with Gasteiger partial charge in [0.2, 0.25) is 0 Å². The van der Waals surface area contributed by atoms with E-state index in [1.807, 2.05) is 19.0 Å². The first-order valence-electron chi connectivity index (χ1n) is 4.05. The molecule has 1 aromatic carbocycles. The zero-order valence-electron chi connectivity index (χ0n) is 8.07. The Morgan fingerprint density at radius 1 is 1.23 bits per heavy atom. The zero-order chi connectivity index (χ0) is 9.84. The average molecular weight is 258 g/mol. The standard InChI is InChI=1S/C10H13NSSe/c1-8-4-6-9(7-5-8)13-10(12)11(2)3/h4-7H,1-3H3. The van der Waals surface area contributed by atoms with E-state index in [2.05, 4.69) is 31.2 Å². The zero-order valence-corrected chi connectivity index (χ0v) is 10.6. The van der Waals surface area contributed by atoms with E-state index in [4.69, 9.17) is 12.2 Å². The first-order chi connectivity index (χ1) is 6.09. The summed E-state index contributed by atoms with van der Waals surface area (Å²) in [5.41, 5.74) is 1.30. The van der Waals surface area contributed by atoms with E-state index in [0.29, 0.717) is 15.0 Å². The van der Waals surface area contributed by atoms with Crippen LogP contribution in [-0.2, 0) is 0 Å². The maximum atomic E-state index is 5.25. The number of aryl methyl sites for hydroxylation is 1. The van der Waals surface area contributed by atoms with Crippen LogP contribution in [0.1, 0.15) is 5.56 Å². The van der Waals surface area contributed by atoms with Crippen LogP contribution in [0, 0.1) is 6.92 Å². The molecule has 0 amide bonds. The summed E-state index contributed by atoms with van der Waals surface area (Å²) in [6, 6.07) is 8.58. The number of nitrogens with zero attached hydrogens (tertiary/aromatic N) is 1. The molecule has 0 heterocycles. The second-order valence-corrected chi connectivity index (χ2v) is 6.27. The first kappa shape index (κ1) is 10.7. The third kappa shape index (κ3) is 3.47. The summed E-state index contributed by atoms with van der Waals surface area (Å²) < 4.78 is 2.38. The van der Waals surface area contributed by atoms with Crippen LogP contribution < -0.4 is 4.46 Å². The van der Waals surface area contributed by atoms with Crippen LogP contribution in [0.5, 0.6) is 0 Å². The van der Waals surface area contributed by atoms with Crippen LogP contribution in [0.4, 0.5) is 0 Å². The minimum absolute atomic E-state index is 0.298. The van der Waals surface area contributed by atoms with Gasteiger partial charge < -0.3 is 0 Å². The van der Waals surface area contributed by atoms with Crippen molar-refractivity contribution in [2.24, 2.45) is 0 Å². The molecule has 0 aromatic heterocycles. The molecule has 0 aliphatic carbocycles. The Labute approximate surface area is 91.3 Å². The summed E-state index contributed by atoms with van der Waals surface area (Å²) in [6.07, 6.45) is 0. The molecule has 0 fully saturated rings. The van der Waals surface area contributed by atoms with Crippen molar-refractivity contribution >= 4 is 35.5 Å². The molecule has 1 aromatic rings. The summed E-state index contributed by atoms with van der Waals surface area (Å²) >= 11 is 5.54. The molecule has 1 rings (SSSR count). The van der Waals surface area contributed by atoms with Crippen LogP contribution >= 0.6 is 12.2 Å². The van der Waals surface area contributed by atoms with E-state index in [1.165, 1.54) is 10.0 Å². The van der Waals surface area contributed by atoms with Gasteiger partial charge in [-0.15, -0.1) is 0 Å². The minimum atomic E-state index is 0.298. The number of thiocarbonyl (C=S) groups is 1. The predicted molar refractivity (Wildman–Crippen MR) is 62.9 cm³/mol. The molecule has 0 saturated carbocycles. The molecule has 0 N–H and O–H groups in total. The fraction of sp³-hybridized carbons (Fsp3) is 0.300. The Kier molecular flexibility index (Phi) is 3.91. The van der Waals surface area contributed by atoms with Crippen LogP contribution in [0.25, 0.3) is 0 Å². The van der Waals surface area contributed by atoms with Gasteiger partial charge in [-0.05, 0) is 0 Å². The summed E-state index contributed by atoms with van der Waals surface area (Å²) in [5.74, 6) is 0. The summed E-state index contributed by atoms with van der Waals surface area (Å²) in [5, 5.41) is 0. The van der Waals surface area contributed by atoms with Gasteiger partial charge in [-0.2, -0.15) is 0 Å². The molecule has 0 spiro atoms. The van der Waals surface area contributed by atoms with Gasteiger partial charge >= 0.3 is 91.3 Å². The fourth-order valence-electron chi connectivity index (χ4n) is 0.798. The summed E-state index contributed by atoms with van der Waals surface area (Å²) in [4.78, 5) is 2.01. The monoisotopic (exact) mass is 259 g/mol. The van der Waals surface area contributed by atoms with E-state index in [0.717, 1.165) is 3.89 Å². The van der Waals surface area contributed by atoms with Crippen LogP contribution in [-0.4, -0.2) is 37.8 Å². The van der Waals surface area contributed by atoms with Gasteiger partial charge in [0, 0.05) is 0 Å². The molecule has 13 heavy (non-hydrogen) atoms. The second kappa shape index (κ2) is 4.75. The van der Waals surface area contributed by atoms with Crippen molar-refractivity contribution in [1.29, 1.82) is 0 Å². The molecular formula is C10H13NSSe. The molecule has 0 aliphatic rings. The van der Waals surface area contributed by atoms with Gasteiger partial charge in [0.1, 0.15) is 0 Å². The van der Waals surface area contributed by atoms with Crippen molar-refractivity contribution in [3.05, 3.63) is 29.8 Å². The molecule has 70 valence electrons. The van der Waals surface area contributed by atoms with E-state index in [1.54, 1.807) is 0 Å². The van der Waals surface area contributed by atoms with Crippen molar-refractivity contribution in [1.82, 2.24) is 4.90 Å². The Hall–Kier alpha value is -0.371. The Bertz CT molecular complexity index is 292. The van der Waals surface area contributed by atoms with E-state index in [-0.39, 0.29) is 0 Å². The number of hydrogen-bond donors (Lipinski definition) is 0. The van der Waals surface area contributed by atoms with E-state index < -0.39 is 0 Å². The molecule has 0 radical (unpaired) electrons. The molecule has 0 saturated heterocycles. The summed E-state index contributed by atoms with van der Waals surface area (Å²) in [7, 11) is 4.00. The van der Waals surface area contributed by atoms with Crippen LogP contribution in [0.2, 0.25) is 0 Å². The third-order valence-corrected chi connectivity index (χ3v) is 4.59. The van der Waals surface area contributed by atoms with Crippen molar-refractivity contribution in [3.8, 4) is 0 Å². The third-order valence-electron chi connectivity index (χ3n) is 1.59.